The Morgan fingerprint density at radius 2 is 2.31 bits per heavy atom. The van der Waals surface area contributed by atoms with Crippen molar-refractivity contribution in [3.63, 3.8) is 0 Å². The Labute approximate surface area is 86.3 Å². The molecule has 0 aliphatic rings. The highest BCUT2D eigenvalue weighted by molar-refractivity contribution is 7.98. The zero-order valence-corrected chi connectivity index (χ0v) is 9.62. The predicted octanol–water partition coefficient (Wildman–Crippen LogP) is 1.62. The monoisotopic (exact) mass is 202 g/mol. The third-order valence-corrected chi connectivity index (χ3v) is 2.58. The molecule has 0 saturated carbocycles. The molecular weight excluding hydrogens is 180 g/mol. The van der Waals surface area contributed by atoms with Gasteiger partial charge in [0.1, 0.15) is 0 Å². The minimum absolute atomic E-state index is 0.462. The van der Waals surface area contributed by atoms with Crippen LogP contribution in [0.3, 0.4) is 0 Å². The molecule has 0 amide bonds. The molecule has 0 aromatic carbocycles. The van der Waals surface area contributed by atoms with Crippen molar-refractivity contribution in [2.75, 3.05) is 25.1 Å². The maximum Gasteiger partial charge on any atom is 0.0193 e. The van der Waals surface area contributed by atoms with Gasteiger partial charge in [0.05, 0.1) is 0 Å². The van der Waals surface area contributed by atoms with Crippen LogP contribution in [0.4, 0.5) is 0 Å². The summed E-state index contributed by atoms with van der Waals surface area (Å²) in [6, 6.07) is 0.462. The molecule has 1 atom stereocenters. The zero-order valence-electron chi connectivity index (χ0n) is 8.81. The van der Waals surface area contributed by atoms with E-state index in [1.165, 1.54) is 24.2 Å². The topological polar surface area (TPSA) is 38.0 Å². The van der Waals surface area contributed by atoms with Gasteiger partial charge in [-0.3, -0.25) is 0 Å². The van der Waals surface area contributed by atoms with Gasteiger partial charge in [-0.1, -0.05) is 12.2 Å². The molecule has 0 aromatic heterocycles. The lowest BCUT2D eigenvalue weighted by atomic mass is 10.1. The fourth-order valence-corrected chi connectivity index (χ4v) is 1.55. The largest absolute Gasteiger partial charge is 0.329 e. The van der Waals surface area contributed by atoms with E-state index in [-0.39, 0.29) is 0 Å². The lowest BCUT2D eigenvalue weighted by molar-refractivity contribution is 0.503. The van der Waals surface area contributed by atoms with Crippen molar-refractivity contribution in [2.24, 2.45) is 5.73 Å². The van der Waals surface area contributed by atoms with Crippen LogP contribution >= 0.6 is 11.8 Å². The van der Waals surface area contributed by atoms with Crippen molar-refractivity contribution in [3.05, 3.63) is 12.2 Å². The fourth-order valence-electron chi connectivity index (χ4n) is 1.10. The highest BCUT2D eigenvalue weighted by atomic mass is 32.2. The maximum absolute atomic E-state index is 5.64. The number of rotatable bonds is 8. The van der Waals surface area contributed by atoms with Gasteiger partial charge in [0.15, 0.2) is 0 Å². The van der Waals surface area contributed by atoms with E-state index in [1.54, 1.807) is 0 Å². The summed E-state index contributed by atoms with van der Waals surface area (Å²) in [4.78, 5) is 0. The Morgan fingerprint density at radius 1 is 1.62 bits per heavy atom. The van der Waals surface area contributed by atoms with Gasteiger partial charge in [0.2, 0.25) is 0 Å². The molecule has 0 aliphatic heterocycles. The van der Waals surface area contributed by atoms with Gasteiger partial charge >= 0.3 is 0 Å². The molecule has 3 N–H and O–H groups in total. The van der Waals surface area contributed by atoms with Crippen LogP contribution in [0.15, 0.2) is 12.2 Å². The molecule has 0 bridgehead atoms. The van der Waals surface area contributed by atoms with Gasteiger partial charge in [-0.2, -0.15) is 11.8 Å². The van der Waals surface area contributed by atoms with E-state index < -0.39 is 0 Å². The lowest BCUT2D eigenvalue weighted by Gasteiger charge is -2.16. The quantitative estimate of drug-likeness (QED) is 0.464. The SMILES string of the molecule is C=C(C)CNC(CN)CCCSC. The number of nitrogens with two attached hydrogens (primary N) is 1. The second-order valence-corrected chi connectivity index (χ2v) is 4.39. The number of hydrogen-bond donors (Lipinski definition) is 2. The van der Waals surface area contributed by atoms with Gasteiger partial charge in [-0.25, -0.2) is 0 Å². The molecule has 3 heteroatoms. The summed E-state index contributed by atoms with van der Waals surface area (Å²) < 4.78 is 0. The molecule has 0 radical (unpaired) electrons. The van der Waals surface area contributed by atoms with Crippen molar-refractivity contribution in [2.45, 2.75) is 25.8 Å². The predicted molar refractivity (Wildman–Crippen MR) is 63.3 cm³/mol. The van der Waals surface area contributed by atoms with Crippen LogP contribution in [0.1, 0.15) is 19.8 Å². The molecule has 13 heavy (non-hydrogen) atoms. The smallest absolute Gasteiger partial charge is 0.0193 e. The van der Waals surface area contributed by atoms with Crippen LogP contribution in [-0.4, -0.2) is 31.1 Å². The second-order valence-electron chi connectivity index (χ2n) is 3.41. The van der Waals surface area contributed by atoms with Crippen LogP contribution in [0.2, 0.25) is 0 Å². The van der Waals surface area contributed by atoms with E-state index >= 15 is 0 Å². The highest BCUT2D eigenvalue weighted by Crippen LogP contribution is 2.02. The minimum Gasteiger partial charge on any atom is -0.329 e. The maximum atomic E-state index is 5.64. The summed E-state index contributed by atoms with van der Waals surface area (Å²) in [7, 11) is 0. The standard InChI is InChI=1S/C10H22N2S/c1-9(2)8-12-10(7-11)5-4-6-13-3/h10,12H,1,4-8,11H2,2-3H3. The van der Waals surface area contributed by atoms with Crippen LogP contribution in [0.5, 0.6) is 0 Å². The Kier molecular flexibility index (Phi) is 8.61. The first-order chi connectivity index (χ1) is 6.20. The summed E-state index contributed by atoms with van der Waals surface area (Å²) >= 11 is 1.89. The first-order valence-corrected chi connectivity index (χ1v) is 6.16. The molecule has 0 heterocycles. The molecule has 0 saturated heterocycles. The van der Waals surface area contributed by atoms with Crippen LogP contribution < -0.4 is 11.1 Å². The van der Waals surface area contributed by atoms with Crippen molar-refractivity contribution in [1.82, 2.24) is 5.32 Å². The summed E-state index contributed by atoms with van der Waals surface area (Å²) in [5.74, 6) is 1.23. The Balaban J connectivity index is 3.45. The molecule has 0 fully saturated rings. The van der Waals surface area contributed by atoms with Crippen molar-refractivity contribution in [1.29, 1.82) is 0 Å². The Bertz CT molecular complexity index is 137. The van der Waals surface area contributed by atoms with E-state index in [9.17, 15) is 0 Å². The molecule has 0 spiro atoms. The van der Waals surface area contributed by atoms with Crippen LogP contribution in [0.25, 0.3) is 0 Å². The van der Waals surface area contributed by atoms with Gasteiger partial charge < -0.3 is 11.1 Å². The first-order valence-electron chi connectivity index (χ1n) is 4.77. The zero-order chi connectivity index (χ0) is 10.1. The van der Waals surface area contributed by atoms with Gasteiger partial charge in [-0.05, 0) is 31.8 Å². The number of hydrogen-bond acceptors (Lipinski definition) is 3. The Morgan fingerprint density at radius 3 is 2.77 bits per heavy atom. The van der Waals surface area contributed by atoms with Crippen LogP contribution in [0, 0.1) is 0 Å². The van der Waals surface area contributed by atoms with Crippen molar-refractivity contribution < 1.29 is 0 Å². The minimum atomic E-state index is 0.462. The highest BCUT2D eigenvalue weighted by Gasteiger charge is 2.04. The van der Waals surface area contributed by atoms with Gasteiger partial charge in [0.25, 0.3) is 0 Å². The van der Waals surface area contributed by atoms with Crippen LogP contribution in [-0.2, 0) is 0 Å². The molecule has 0 aliphatic carbocycles. The Hall–Kier alpha value is 0.0100. The van der Waals surface area contributed by atoms with E-state index in [2.05, 4.69) is 18.2 Å². The van der Waals surface area contributed by atoms with E-state index in [0.29, 0.717) is 6.04 Å². The molecular formula is C10H22N2S. The third kappa shape index (κ3) is 8.34. The molecule has 0 rings (SSSR count). The number of nitrogens with one attached hydrogen (secondary N) is 1. The lowest BCUT2D eigenvalue weighted by Crippen LogP contribution is -2.36. The normalized spacial score (nSPS) is 12.8. The first kappa shape index (κ1) is 13.0. The van der Waals surface area contributed by atoms with Gasteiger partial charge in [0, 0.05) is 19.1 Å². The van der Waals surface area contributed by atoms with Crippen molar-refractivity contribution >= 4 is 11.8 Å². The average molecular weight is 202 g/mol. The number of thioether (sulfide) groups is 1. The summed E-state index contributed by atoms with van der Waals surface area (Å²) in [6.07, 6.45) is 4.55. The fraction of sp³-hybridized carbons (Fsp3) is 0.800. The molecule has 2 nitrogen and oxygen atoms in total. The van der Waals surface area contributed by atoms with E-state index in [0.717, 1.165) is 13.1 Å². The molecule has 78 valence electrons. The summed E-state index contributed by atoms with van der Waals surface area (Å²) in [5.41, 5.74) is 6.81. The second kappa shape index (κ2) is 8.60. The average Bonchev–Trinajstić information content (AvgIpc) is 2.10. The third-order valence-electron chi connectivity index (χ3n) is 1.88. The van der Waals surface area contributed by atoms with E-state index in [1.807, 2.05) is 18.7 Å². The van der Waals surface area contributed by atoms with E-state index in [4.69, 9.17) is 5.73 Å². The molecule has 1 unspecified atom stereocenters. The van der Waals surface area contributed by atoms with Gasteiger partial charge in [-0.15, -0.1) is 0 Å². The summed E-state index contributed by atoms with van der Waals surface area (Å²) in [5, 5.41) is 3.39. The summed E-state index contributed by atoms with van der Waals surface area (Å²) in [6.45, 7) is 7.49. The molecule has 0 aromatic rings. The van der Waals surface area contributed by atoms with Crippen molar-refractivity contribution in [3.8, 4) is 0 Å².